The molecule has 0 amide bonds. The minimum absolute atomic E-state index is 0.341. The molecule has 0 aliphatic carbocycles. The first kappa shape index (κ1) is 14.5. The topological polar surface area (TPSA) is 41.8 Å². The Labute approximate surface area is 107 Å². The maximum atomic E-state index is 13.1. The first-order chi connectivity index (χ1) is 8.54. The highest BCUT2D eigenvalue weighted by molar-refractivity contribution is 6.00. The van der Waals surface area contributed by atoms with Crippen molar-refractivity contribution < 1.29 is 14.3 Å². The molecule has 0 aliphatic rings. The summed E-state index contributed by atoms with van der Waals surface area (Å²) in [5.41, 5.74) is 0.829. The molecule has 0 spiro atoms. The van der Waals surface area contributed by atoms with E-state index in [0.717, 1.165) is 12.8 Å². The Bertz CT molecular complexity index is 416. The largest absolute Gasteiger partial charge is 0.493 e. The second-order valence-corrected chi connectivity index (χ2v) is 4.71. The van der Waals surface area contributed by atoms with E-state index in [0.29, 0.717) is 29.5 Å². The highest BCUT2D eigenvalue weighted by Gasteiger charge is 2.09. The van der Waals surface area contributed by atoms with Crippen molar-refractivity contribution in [2.75, 3.05) is 6.61 Å². The van der Waals surface area contributed by atoms with E-state index in [1.54, 1.807) is 13.0 Å². The van der Waals surface area contributed by atoms with E-state index in [1.165, 1.54) is 12.1 Å². The summed E-state index contributed by atoms with van der Waals surface area (Å²) in [6, 6.07) is 4.22. The number of ether oxygens (including phenoxy) is 1. The van der Waals surface area contributed by atoms with Crippen LogP contribution in [0.2, 0.25) is 0 Å². The summed E-state index contributed by atoms with van der Waals surface area (Å²) in [4.78, 5) is 0. The van der Waals surface area contributed by atoms with Crippen LogP contribution in [0.5, 0.6) is 5.75 Å². The lowest BCUT2D eigenvalue weighted by molar-refractivity contribution is 0.295. The lowest BCUT2D eigenvalue weighted by Crippen LogP contribution is -2.05. The van der Waals surface area contributed by atoms with Crippen molar-refractivity contribution >= 4 is 5.71 Å². The molecule has 0 aromatic heterocycles. The molecule has 0 atom stereocenters. The van der Waals surface area contributed by atoms with Crippen molar-refractivity contribution in [1.29, 1.82) is 0 Å². The molecule has 100 valence electrons. The zero-order valence-corrected chi connectivity index (χ0v) is 11.1. The summed E-state index contributed by atoms with van der Waals surface area (Å²) in [6.45, 7) is 6.50. The maximum Gasteiger partial charge on any atom is 0.128 e. The molecule has 1 aromatic carbocycles. The Kier molecular flexibility index (Phi) is 5.62. The number of oxime groups is 1. The SMILES string of the molecule is C/C(=N\O)c1cc(F)ccc1OCCCC(C)C. The van der Waals surface area contributed by atoms with Gasteiger partial charge in [0.2, 0.25) is 0 Å². The van der Waals surface area contributed by atoms with Gasteiger partial charge in [-0.3, -0.25) is 0 Å². The molecule has 3 nitrogen and oxygen atoms in total. The Morgan fingerprint density at radius 3 is 2.78 bits per heavy atom. The monoisotopic (exact) mass is 253 g/mol. The van der Waals surface area contributed by atoms with E-state index in [2.05, 4.69) is 19.0 Å². The lowest BCUT2D eigenvalue weighted by Gasteiger charge is -2.11. The van der Waals surface area contributed by atoms with Gasteiger partial charge >= 0.3 is 0 Å². The van der Waals surface area contributed by atoms with Crippen LogP contribution >= 0.6 is 0 Å². The average Bonchev–Trinajstić information content (AvgIpc) is 2.34. The van der Waals surface area contributed by atoms with Gasteiger partial charge in [-0.15, -0.1) is 0 Å². The van der Waals surface area contributed by atoms with Gasteiger partial charge in [-0.1, -0.05) is 19.0 Å². The molecule has 1 N–H and O–H groups in total. The zero-order chi connectivity index (χ0) is 13.5. The smallest absolute Gasteiger partial charge is 0.128 e. The van der Waals surface area contributed by atoms with Crippen molar-refractivity contribution in [2.45, 2.75) is 33.6 Å². The summed E-state index contributed by atoms with van der Waals surface area (Å²) in [5.74, 6) is 0.819. The van der Waals surface area contributed by atoms with E-state index >= 15 is 0 Å². The van der Waals surface area contributed by atoms with Crippen LogP contribution in [0.3, 0.4) is 0 Å². The fourth-order valence-corrected chi connectivity index (χ4v) is 1.64. The summed E-state index contributed by atoms with van der Waals surface area (Å²) in [5, 5.41) is 11.8. The van der Waals surface area contributed by atoms with E-state index in [4.69, 9.17) is 9.94 Å². The second-order valence-electron chi connectivity index (χ2n) is 4.71. The van der Waals surface area contributed by atoms with Crippen LogP contribution in [0.15, 0.2) is 23.4 Å². The van der Waals surface area contributed by atoms with Gasteiger partial charge in [0.25, 0.3) is 0 Å². The van der Waals surface area contributed by atoms with Crippen LogP contribution in [0.4, 0.5) is 4.39 Å². The Morgan fingerprint density at radius 1 is 1.44 bits per heavy atom. The number of nitrogens with zero attached hydrogens (tertiary/aromatic N) is 1. The van der Waals surface area contributed by atoms with Gasteiger partial charge in [0.05, 0.1) is 12.3 Å². The summed E-state index contributed by atoms with van der Waals surface area (Å²) < 4.78 is 18.8. The molecule has 0 fully saturated rings. The predicted molar refractivity (Wildman–Crippen MR) is 70.0 cm³/mol. The Morgan fingerprint density at radius 2 is 2.17 bits per heavy atom. The molecule has 1 aromatic rings. The van der Waals surface area contributed by atoms with Crippen LogP contribution < -0.4 is 4.74 Å². The molecule has 0 bridgehead atoms. The van der Waals surface area contributed by atoms with Crippen molar-refractivity contribution in [1.82, 2.24) is 0 Å². The third kappa shape index (κ3) is 4.35. The van der Waals surface area contributed by atoms with E-state index in [-0.39, 0.29) is 5.82 Å². The van der Waals surface area contributed by atoms with E-state index < -0.39 is 0 Å². The number of halogens is 1. The number of rotatable bonds is 6. The molecule has 0 saturated heterocycles. The highest BCUT2D eigenvalue weighted by atomic mass is 19.1. The molecule has 18 heavy (non-hydrogen) atoms. The number of hydrogen-bond acceptors (Lipinski definition) is 3. The van der Waals surface area contributed by atoms with Gasteiger partial charge in [-0.05, 0) is 43.9 Å². The predicted octanol–water partition coefficient (Wildman–Crippen LogP) is 3.84. The average molecular weight is 253 g/mol. The zero-order valence-electron chi connectivity index (χ0n) is 11.1. The standard InChI is InChI=1S/C14H20FNO2/c1-10(2)5-4-8-18-14-7-6-12(15)9-13(14)11(3)16-17/h6-7,9-10,17H,4-5,8H2,1-3H3/b16-11+. The Hall–Kier alpha value is -1.58. The third-order valence-corrected chi connectivity index (χ3v) is 2.66. The molecule has 4 heteroatoms. The molecule has 0 radical (unpaired) electrons. The maximum absolute atomic E-state index is 13.1. The lowest BCUT2D eigenvalue weighted by atomic mass is 10.1. The fraction of sp³-hybridized carbons (Fsp3) is 0.500. The van der Waals surface area contributed by atoms with Crippen LogP contribution in [-0.2, 0) is 0 Å². The minimum Gasteiger partial charge on any atom is -0.493 e. The summed E-state index contributed by atoms with van der Waals surface area (Å²) >= 11 is 0. The number of hydrogen-bond donors (Lipinski definition) is 1. The summed E-state index contributed by atoms with van der Waals surface area (Å²) in [7, 11) is 0. The van der Waals surface area contributed by atoms with Crippen LogP contribution in [0.1, 0.15) is 39.2 Å². The molecular weight excluding hydrogens is 233 g/mol. The molecule has 0 saturated carbocycles. The fourth-order valence-electron chi connectivity index (χ4n) is 1.64. The van der Waals surface area contributed by atoms with Crippen molar-refractivity contribution in [2.24, 2.45) is 11.1 Å². The second kappa shape index (κ2) is 6.99. The normalized spacial score (nSPS) is 11.9. The van der Waals surface area contributed by atoms with Gasteiger partial charge in [0.1, 0.15) is 11.6 Å². The van der Waals surface area contributed by atoms with Gasteiger partial charge in [-0.25, -0.2) is 4.39 Å². The van der Waals surface area contributed by atoms with Gasteiger partial charge in [0.15, 0.2) is 0 Å². The van der Waals surface area contributed by atoms with Crippen LogP contribution in [0, 0.1) is 11.7 Å². The van der Waals surface area contributed by atoms with Gasteiger partial charge in [-0.2, -0.15) is 0 Å². The van der Waals surface area contributed by atoms with Crippen molar-refractivity contribution in [3.8, 4) is 5.75 Å². The van der Waals surface area contributed by atoms with Crippen molar-refractivity contribution in [3.05, 3.63) is 29.6 Å². The van der Waals surface area contributed by atoms with Crippen LogP contribution in [0.25, 0.3) is 0 Å². The van der Waals surface area contributed by atoms with E-state index in [1.807, 2.05) is 0 Å². The molecule has 0 unspecified atom stereocenters. The molecule has 1 rings (SSSR count). The molecule has 0 heterocycles. The highest BCUT2D eigenvalue weighted by Crippen LogP contribution is 2.21. The van der Waals surface area contributed by atoms with Crippen LogP contribution in [-0.4, -0.2) is 17.5 Å². The third-order valence-electron chi connectivity index (χ3n) is 2.66. The first-order valence-corrected chi connectivity index (χ1v) is 6.16. The van der Waals surface area contributed by atoms with Gasteiger partial charge in [0, 0.05) is 5.56 Å². The van der Waals surface area contributed by atoms with E-state index in [9.17, 15) is 4.39 Å². The molecular formula is C14H20FNO2. The number of benzene rings is 1. The Balaban J connectivity index is 2.70. The first-order valence-electron chi connectivity index (χ1n) is 6.16. The summed E-state index contributed by atoms with van der Waals surface area (Å²) in [6.07, 6.45) is 2.04. The molecule has 0 aliphatic heterocycles. The quantitative estimate of drug-likeness (QED) is 0.362. The van der Waals surface area contributed by atoms with Gasteiger partial charge < -0.3 is 9.94 Å². The van der Waals surface area contributed by atoms with Crippen molar-refractivity contribution in [3.63, 3.8) is 0 Å². The minimum atomic E-state index is -0.373.